The van der Waals surface area contributed by atoms with Gasteiger partial charge in [-0.25, -0.2) is 0 Å². The van der Waals surface area contributed by atoms with Crippen LogP contribution in [-0.2, 0) is 0 Å². The maximum absolute atomic E-state index is 12.5. The van der Waals surface area contributed by atoms with Crippen molar-refractivity contribution in [3.63, 3.8) is 0 Å². The van der Waals surface area contributed by atoms with Gasteiger partial charge in [0.05, 0.1) is 21.3 Å². The third-order valence-corrected chi connectivity index (χ3v) is 4.02. The lowest BCUT2D eigenvalue weighted by Gasteiger charge is -2.30. The Labute approximate surface area is 125 Å². The summed E-state index contributed by atoms with van der Waals surface area (Å²) in [5, 5.41) is 0. The molecule has 0 radical (unpaired) electrons. The average Bonchev–Trinajstić information content (AvgIpc) is 2.48. The summed E-state index contributed by atoms with van der Waals surface area (Å²) in [7, 11) is 6.47. The maximum Gasteiger partial charge on any atom is 0.253 e. The molecule has 1 amide bonds. The molecule has 2 rings (SSSR count). The number of hydrogen-bond acceptors (Lipinski definition) is 4. The van der Waals surface area contributed by atoms with Crippen LogP contribution in [0.1, 0.15) is 29.6 Å². The van der Waals surface area contributed by atoms with Gasteiger partial charge in [-0.2, -0.15) is 0 Å². The van der Waals surface area contributed by atoms with E-state index < -0.39 is 0 Å². The van der Waals surface area contributed by atoms with Crippen molar-refractivity contribution >= 4 is 5.91 Å². The number of ether oxygens (including phenoxy) is 3. The first kappa shape index (κ1) is 15.5. The fourth-order valence-electron chi connectivity index (χ4n) is 2.57. The van der Waals surface area contributed by atoms with Crippen LogP contribution in [0.3, 0.4) is 0 Å². The second-order valence-electron chi connectivity index (χ2n) is 5.40. The monoisotopic (exact) mass is 293 g/mol. The van der Waals surface area contributed by atoms with Crippen LogP contribution in [0, 0.1) is 5.92 Å². The summed E-state index contributed by atoms with van der Waals surface area (Å²) >= 11 is 0. The minimum Gasteiger partial charge on any atom is -0.493 e. The molecule has 0 aliphatic heterocycles. The number of methoxy groups -OCH3 is 3. The fraction of sp³-hybridized carbons (Fsp3) is 0.562. The summed E-state index contributed by atoms with van der Waals surface area (Å²) in [5.74, 6) is 2.11. The van der Waals surface area contributed by atoms with E-state index in [1.165, 1.54) is 19.3 Å². The van der Waals surface area contributed by atoms with Crippen molar-refractivity contribution in [2.45, 2.75) is 19.3 Å². The summed E-state index contributed by atoms with van der Waals surface area (Å²) in [4.78, 5) is 14.3. The van der Waals surface area contributed by atoms with Gasteiger partial charge in [-0.3, -0.25) is 4.79 Å². The van der Waals surface area contributed by atoms with Crippen LogP contribution in [0.5, 0.6) is 17.2 Å². The molecule has 116 valence electrons. The SMILES string of the molecule is COc1cc(C(=O)N(C)CC2CCC2)cc(OC)c1OC. The third kappa shape index (κ3) is 3.23. The Morgan fingerprint density at radius 3 is 2.10 bits per heavy atom. The van der Waals surface area contributed by atoms with Gasteiger partial charge in [-0.15, -0.1) is 0 Å². The van der Waals surface area contributed by atoms with Gasteiger partial charge >= 0.3 is 0 Å². The zero-order chi connectivity index (χ0) is 15.4. The van der Waals surface area contributed by atoms with Gasteiger partial charge in [-0.1, -0.05) is 6.42 Å². The number of amides is 1. The quantitative estimate of drug-likeness (QED) is 0.809. The van der Waals surface area contributed by atoms with Crippen LogP contribution in [0.15, 0.2) is 12.1 Å². The number of carbonyl (C=O) groups is 1. The zero-order valence-corrected chi connectivity index (χ0v) is 13.1. The summed E-state index contributed by atoms with van der Waals surface area (Å²) < 4.78 is 15.8. The Morgan fingerprint density at radius 2 is 1.71 bits per heavy atom. The van der Waals surface area contributed by atoms with Crippen LogP contribution in [-0.4, -0.2) is 45.7 Å². The minimum atomic E-state index is -0.0267. The molecule has 0 bridgehead atoms. The molecule has 1 aromatic rings. The first-order valence-electron chi connectivity index (χ1n) is 7.16. The standard InChI is InChI=1S/C16H23NO4/c1-17(10-11-6-5-7-11)16(18)12-8-13(19-2)15(21-4)14(9-12)20-3/h8-9,11H,5-7,10H2,1-4H3. The first-order chi connectivity index (χ1) is 10.1. The highest BCUT2D eigenvalue weighted by Gasteiger charge is 2.24. The van der Waals surface area contributed by atoms with Crippen molar-refractivity contribution in [1.82, 2.24) is 4.90 Å². The highest BCUT2D eigenvalue weighted by molar-refractivity contribution is 5.95. The molecular formula is C16H23NO4. The molecule has 0 aromatic heterocycles. The lowest BCUT2D eigenvalue weighted by Crippen LogP contribution is -2.34. The van der Waals surface area contributed by atoms with E-state index in [1.54, 1.807) is 38.4 Å². The maximum atomic E-state index is 12.5. The Morgan fingerprint density at radius 1 is 1.14 bits per heavy atom. The largest absolute Gasteiger partial charge is 0.493 e. The van der Waals surface area contributed by atoms with E-state index in [-0.39, 0.29) is 5.91 Å². The van der Waals surface area contributed by atoms with E-state index >= 15 is 0 Å². The molecule has 1 aromatic carbocycles. The summed E-state index contributed by atoms with van der Waals surface area (Å²) in [6.07, 6.45) is 3.70. The molecule has 1 aliphatic carbocycles. The Bertz CT molecular complexity index is 486. The molecule has 5 nitrogen and oxygen atoms in total. The normalized spacial score (nSPS) is 14.3. The highest BCUT2D eigenvalue weighted by atomic mass is 16.5. The van der Waals surface area contributed by atoms with Crippen molar-refractivity contribution in [1.29, 1.82) is 0 Å². The fourth-order valence-corrected chi connectivity index (χ4v) is 2.57. The minimum absolute atomic E-state index is 0.0267. The molecule has 1 saturated carbocycles. The first-order valence-corrected chi connectivity index (χ1v) is 7.16. The molecule has 0 N–H and O–H groups in total. The zero-order valence-electron chi connectivity index (χ0n) is 13.1. The molecule has 1 fully saturated rings. The second-order valence-corrected chi connectivity index (χ2v) is 5.40. The lowest BCUT2D eigenvalue weighted by atomic mass is 9.85. The molecule has 0 saturated heterocycles. The number of benzene rings is 1. The van der Waals surface area contributed by atoms with Crippen molar-refractivity contribution in [2.24, 2.45) is 5.92 Å². The van der Waals surface area contributed by atoms with Crippen LogP contribution in [0.4, 0.5) is 0 Å². The van der Waals surface area contributed by atoms with Crippen LogP contribution in [0.25, 0.3) is 0 Å². The molecule has 5 heteroatoms. The predicted octanol–water partition coefficient (Wildman–Crippen LogP) is 2.58. The van der Waals surface area contributed by atoms with Gasteiger partial charge in [0, 0.05) is 19.2 Å². The Hall–Kier alpha value is -1.91. The van der Waals surface area contributed by atoms with Crippen molar-refractivity contribution in [3.8, 4) is 17.2 Å². The average molecular weight is 293 g/mol. The third-order valence-electron chi connectivity index (χ3n) is 4.02. The number of rotatable bonds is 6. The Balaban J connectivity index is 2.23. The summed E-state index contributed by atoms with van der Waals surface area (Å²) in [6, 6.07) is 3.39. The number of hydrogen-bond donors (Lipinski definition) is 0. The van der Waals surface area contributed by atoms with E-state index in [0.717, 1.165) is 6.54 Å². The molecule has 21 heavy (non-hydrogen) atoms. The topological polar surface area (TPSA) is 48.0 Å². The van der Waals surface area contributed by atoms with Crippen molar-refractivity contribution < 1.29 is 19.0 Å². The van der Waals surface area contributed by atoms with E-state index in [1.807, 2.05) is 7.05 Å². The van der Waals surface area contributed by atoms with Crippen LogP contribution in [0.2, 0.25) is 0 Å². The summed E-state index contributed by atoms with van der Waals surface area (Å²) in [5.41, 5.74) is 0.548. The smallest absolute Gasteiger partial charge is 0.253 e. The molecular weight excluding hydrogens is 270 g/mol. The van der Waals surface area contributed by atoms with Crippen molar-refractivity contribution in [3.05, 3.63) is 17.7 Å². The van der Waals surface area contributed by atoms with Crippen LogP contribution >= 0.6 is 0 Å². The van der Waals surface area contributed by atoms with E-state index in [9.17, 15) is 4.79 Å². The number of nitrogens with zero attached hydrogens (tertiary/aromatic N) is 1. The summed E-state index contributed by atoms with van der Waals surface area (Å²) in [6.45, 7) is 0.801. The van der Waals surface area contributed by atoms with Crippen LogP contribution < -0.4 is 14.2 Å². The van der Waals surface area contributed by atoms with E-state index in [2.05, 4.69) is 0 Å². The van der Waals surface area contributed by atoms with Gasteiger partial charge in [-0.05, 0) is 30.9 Å². The van der Waals surface area contributed by atoms with Gasteiger partial charge in [0.1, 0.15) is 0 Å². The number of carbonyl (C=O) groups excluding carboxylic acids is 1. The van der Waals surface area contributed by atoms with Gasteiger partial charge < -0.3 is 19.1 Å². The molecule has 0 atom stereocenters. The molecule has 0 heterocycles. The van der Waals surface area contributed by atoms with Gasteiger partial charge in [0.2, 0.25) is 5.75 Å². The molecule has 1 aliphatic rings. The van der Waals surface area contributed by atoms with E-state index in [4.69, 9.17) is 14.2 Å². The van der Waals surface area contributed by atoms with Gasteiger partial charge in [0.25, 0.3) is 5.91 Å². The molecule has 0 unspecified atom stereocenters. The van der Waals surface area contributed by atoms with E-state index in [0.29, 0.717) is 28.7 Å². The second kappa shape index (κ2) is 6.70. The van der Waals surface area contributed by atoms with Gasteiger partial charge in [0.15, 0.2) is 11.5 Å². The van der Waals surface area contributed by atoms with Crippen molar-refractivity contribution in [2.75, 3.05) is 34.9 Å². The molecule has 0 spiro atoms. The Kier molecular flexibility index (Phi) is 4.94. The highest BCUT2D eigenvalue weighted by Crippen LogP contribution is 2.38. The lowest BCUT2D eigenvalue weighted by molar-refractivity contribution is 0.0744. The predicted molar refractivity (Wildman–Crippen MR) is 80.4 cm³/mol.